The number of para-hydroxylation sites is 1. The first-order chi connectivity index (χ1) is 14.6. The molecule has 0 saturated heterocycles. The van der Waals surface area contributed by atoms with E-state index < -0.39 is 20.0 Å². The Hall–Kier alpha value is -2.88. The lowest BCUT2D eigenvalue weighted by Crippen LogP contribution is -2.22. The van der Waals surface area contributed by atoms with Crippen molar-refractivity contribution in [3.05, 3.63) is 66.7 Å². The number of fused-ring (bicyclic) bond motifs is 3. The van der Waals surface area contributed by atoms with Crippen molar-refractivity contribution in [2.45, 2.75) is 23.3 Å². The van der Waals surface area contributed by atoms with E-state index in [0.717, 1.165) is 32.7 Å². The van der Waals surface area contributed by atoms with Gasteiger partial charge in [-0.1, -0.05) is 18.2 Å². The third kappa shape index (κ3) is 3.69. The molecule has 0 aliphatic carbocycles. The second-order valence-corrected chi connectivity index (χ2v) is 11.2. The quantitative estimate of drug-likeness (QED) is 0.476. The normalized spacial score (nSPS) is 12.6. The Labute approximate surface area is 182 Å². The maximum atomic E-state index is 12.9. The summed E-state index contributed by atoms with van der Waals surface area (Å²) < 4.78 is 56.0. The van der Waals surface area contributed by atoms with Crippen molar-refractivity contribution in [2.24, 2.45) is 0 Å². The van der Waals surface area contributed by atoms with Crippen LogP contribution in [-0.4, -0.2) is 39.8 Å². The fraction of sp³-hybridized carbons (Fsp3) is 0.182. The first kappa shape index (κ1) is 21.4. The van der Waals surface area contributed by atoms with Crippen molar-refractivity contribution in [1.82, 2.24) is 8.87 Å². The summed E-state index contributed by atoms with van der Waals surface area (Å²) in [5.41, 5.74) is 2.57. The lowest BCUT2D eigenvalue weighted by atomic mass is 10.1. The molecule has 1 heterocycles. The molecule has 0 unspecified atom stereocenters. The molecule has 0 fully saturated rings. The molecule has 0 aliphatic heterocycles. The number of nitrogens with one attached hydrogen (secondary N) is 1. The molecule has 3 aromatic carbocycles. The first-order valence-electron chi connectivity index (χ1n) is 9.71. The minimum atomic E-state index is -3.88. The van der Waals surface area contributed by atoms with Gasteiger partial charge in [0, 0.05) is 48.1 Å². The lowest BCUT2D eigenvalue weighted by Gasteiger charge is -2.12. The molecule has 162 valence electrons. The molecule has 4 aromatic rings. The van der Waals surface area contributed by atoms with Crippen LogP contribution in [0.3, 0.4) is 0 Å². The van der Waals surface area contributed by atoms with Gasteiger partial charge in [-0.25, -0.2) is 21.1 Å². The molecule has 4 rings (SSSR count). The molecular formula is C22H23N3O4S2. The monoisotopic (exact) mass is 457 g/mol. The largest absolute Gasteiger partial charge is 0.341 e. The van der Waals surface area contributed by atoms with Crippen molar-refractivity contribution < 1.29 is 16.8 Å². The molecule has 0 bridgehead atoms. The lowest BCUT2D eigenvalue weighted by molar-refractivity contribution is 0.520. The number of benzene rings is 3. The third-order valence-electron chi connectivity index (χ3n) is 5.25. The molecule has 0 aliphatic rings. The van der Waals surface area contributed by atoms with Crippen LogP contribution >= 0.6 is 0 Å². The fourth-order valence-electron chi connectivity index (χ4n) is 3.67. The number of aromatic nitrogens is 1. The summed E-state index contributed by atoms with van der Waals surface area (Å²) in [6.45, 7) is 2.87. The Morgan fingerprint density at radius 2 is 1.42 bits per heavy atom. The molecule has 1 aromatic heterocycles. The zero-order valence-electron chi connectivity index (χ0n) is 17.4. The Kier molecular flexibility index (Phi) is 5.28. The molecule has 0 amide bonds. The molecule has 7 nitrogen and oxygen atoms in total. The van der Waals surface area contributed by atoms with E-state index in [0.29, 0.717) is 5.69 Å². The van der Waals surface area contributed by atoms with E-state index in [-0.39, 0.29) is 9.79 Å². The predicted molar refractivity (Wildman–Crippen MR) is 123 cm³/mol. The van der Waals surface area contributed by atoms with E-state index in [1.807, 2.05) is 36.4 Å². The van der Waals surface area contributed by atoms with Crippen LogP contribution in [0.5, 0.6) is 0 Å². The van der Waals surface area contributed by atoms with Crippen molar-refractivity contribution in [3.8, 4) is 0 Å². The van der Waals surface area contributed by atoms with Gasteiger partial charge in [-0.15, -0.1) is 0 Å². The van der Waals surface area contributed by atoms with Gasteiger partial charge >= 0.3 is 0 Å². The summed E-state index contributed by atoms with van der Waals surface area (Å²) in [6.07, 6.45) is 0. The third-order valence-corrected chi connectivity index (χ3v) is 8.48. The number of hydrogen-bond donors (Lipinski definition) is 1. The fourth-order valence-corrected chi connectivity index (χ4v) is 5.62. The van der Waals surface area contributed by atoms with Gasteiger partial charge in [-0.05, 0) is 55.5 Å². The summed E-state index contributed by atoms with van der Waals surface area (Å²) in [4.78, 5) is 0.0199. The average Bonchev–Trinajstić information content (AvgIpc) is 3.06. The first-order valence-corrected chi connectivity index (χ1v) is 12.6. The van der Waals surface area contributed by atoms with Gasteiger partial charge in [0.25, 0.3) is 10.0 Å². The molecule has 0 spiro atoms. The zero-order valence-corrected chi connectivity index (χ0v) is 19.0. The summed E-state index contributed by atoms with van der Waals surface area (Å²) in [7, 11) is -4.66. The number of aryl methyl sites for hydroxylation is 1. The van der Waals surface area contributed by atoms with Gasteiger partial charge < -0.3 is 4.57 Å². The Balaban J connectivity index is 1.71. The highest BCUT2D eigenvalue weighted by atomic mass is 32.2. The molecule has 1 N–H and O–H groups in total. The number of sulfonamides is 2. The Morgan fingerprint density at radius 3 is 2.06 bits per heavy atom. The minimum absolute atomic E-state index is 0.0127. The highest BCUT2D eigenvalue weighted by molar-refractivity contribution is 7.92. The number of rotatable bonds is 6. The van der Waals surface area contributed by atoms with Gasteiger partial charge in [-0.3, -0.25) is 4.72 Å². The average molecular weight is 458 g/mol. The molecule has 0 radical (unpaired) electrons. The summed E-state index contributed by atoms with van der Waals surface area (Å²) in [5, 5.41) is 2.02. The highest BCUT2D eigenvalue weighted by Crippen LogP contribution is 2.31. The van der Waals surface area contributed by atoms with Gasteiger partial charge in [0.15, 0.2) is 0 Å². The number of hydrogen-bond acceptors (Lipinski definition) is 4. The smallest absolute Gasteiger partial charge is 0.261 e. The van der Waals surface area contributed by atoms with Crippen LogP contribution in [0.25, 0.3) is 21.8 Å². The highest BCUT2D eigenvalue weighted by Gasteiger charge is 2.20. The van der Waals surface area contributed by atoms with E-state index in [1.165, 1.54) is 38.4 Å². The van der Waals surface area contributed by atoms with Gasteiger partial charge in [0.1, 0.15) is 0 Å². The Bertz CT molecular complexity index is 1490. The maximum absolute atomic E-state index is 12.9. The second kappa shape index (κ2) is 7.67. The van der Waals surface area contributed by atoms with Crippen LogP contribution in [0.1, 0.15) is 6.92 Å². The molecule has 0 atom stereocenters. The van der Waals surface area contributed by atoms with E-state index in [1.54, 1.807) is 6.07 Å². The summed E-state index contributed by atoms with van der Waals surface area (Å²) in [6, 6.07) is 18.6. The minimum Gasteiger partial charge on any atom is -0.341 e. The molecule has 0 saturated carbocycles. The van der Waals surface area contributed by atoms with Crippen molar-refractivity contribution in [2.75, 3.05) is 18.8 Å². The van der Waals surface area contributed by atoms with E-state index >= 15 is 0 Å². The summed E-state index contributed by atoms with van der Waals surface area (Å²) >= 11 is 0. The number of nitrogens with zero attached hydrogens (tertiary/aromatic N) is 2. The van der Waals surface area contributed by atoms with E-state index in [9.17, 15) is 16.8 Å². The molecule has 9 heteroatoms. The molecule has 31 heavy (non-hydrogen) atoms. The van der Waals surface area contributed by atoms with Crippen LogP contribution < -0.4 is 4.72 Å². The van der Waals surface area contributed by atoms with Gasteiger partial charge in [-0.2, -0.15) is 0 Å². The van der Waals surface area contributed by atoms with Crippen LogP contribution in [0, 0.1) is 0 Å². The zero-order chi connectivity index (χ0) is 22.4. The van der Waals surface area contributed by atoms with Crippen LogP contribution in [0.15, 0.2) is 76.5 Å². The topological polar surface area (TPSA) is 88.5 Å². The number of anilines is 1. The van der Waals surface area contributed by atoms with Gasteiger partial charge in [0.2, 0.25) is 10.0 Å². The Morgan fingerprint density at radius 1 is 0.806 bits per heavy atom. The predicted octanol–water partition coefficient (Wildman–Crippen LogP) is 3.87. The van der Waals surface area contributed by atoms with Gasteiger partial charge in [0.05, 0.1) is 9.79 Å². The van der Waals surface area contributed by atoms with Crippen molar-refractivity contribution >= 4 is 47.5 Å². The van der Waals surface area contributed by atoms with Crippen molar-refractivity contribution in [1.29, 1.82) is 0 Å². The van der Waals surface area contributed by atoms with E-state index in [2.05, 4.69) is 16.2 Å². The van der Waals surface area contributed by atoms with E-state index in [4.69, 9.17) is 0 Å². The van der Waals surface area contributed by atoms with Crippen molar-refractivity contribution in [3.63, 3.8) is 0 Å². The molecular weight excluding hydrogens is 434 g/mol. The van der Waals surface area contributed by atoms with Crippen LogP contribution in [0.4, 0.5) is 5.69 Å². The standard InChI is InChI=1S/C22H23N3O4S2/c1-4-25-21-8-6-5-7-19(21)20-15-16(9-14-22(20)25)23-30(26,27)17-10-12-18(13-11-17)31(28,29)24(2)3/h5-15,23H,4H2,1-3H3. The summed E-state index contributed by atoms with van der Waals surface area (Å²) in [5.74, 6) is 0. The second-order valence-electron chi connectivity index (χ2n) is 7.36. The SMILES string of the molecule is CCn1c2ccccc2c2cc(NS(=O)(=O)c3ccc(S(=O)(=O)N(C)C)cc3)ccc21. The maximum Gasteiger partial charge on any atom is 0.261 e. The van der Waals surface area contributed by atoms with Crippen LogP contribution in [0.2, 0.25) is 0 Å². The van der Waals surface area contributed by atoms with Crippen LogP contribution in [-0.2, 0) is 26.6 Å².